The zero-order chi connectivity index (χ0) is 13.5. The van der Waals surface area contributed by atoms with Gasteiger partial charge in [-0.2, -0.15) is 5.26 Å². The van der Waals surface area contributed by atoms with Crippen LogP contribution >= 0.6 is 11.6 Å². The second kappa shape index (κ2) is 7.00. The molecule has 18 heavy (non-hydrogen) atoms. The first-order chi connectivity index (χ1) is 8.56. The van der Waals surface area contributed by atoms with Crippen LogP contribution in [0.1, 0.15) is 25.3 Å². The highest BCUT2D eigenvalue weighted by Crippen LogP contribution is 2.23. The Hall–Kier alpha value is -1.57. The molecule has 0 spiro atoms. The van der Waals surface area contributed by atoms with Gasteiger partial charge in [0.1, 0.15) is 0 Å². The van der Waals surface area contributed by atoms with E-state index in [-0.39, 0.29) is 12.0 Å². The first-order valence-corrected chi connectivity index (χ1v) is 5.97. The topological polar surface area (TPSA) is 62.1 Å². The van der Waals surface area contributed by atoms with Gasteiger partial charge in [-0.25, -0.2) is 0 Å². The van der Waals surface area contributed by atoms with Crippen molar-refractivity contribution in [1.29, 1.82) is 5.26 Å². The van der Waals surface area contributed by atoms with E-state index in [1.807, 2.05) is 13.0 Å². The van der Waals surface area contributed by atoms with Crippen molar-refractivity contribution in [2.24, 2.45) is 0 Å². The van der Waals surface area contributed by atoms with Gasteiger partial charge in [0, 0.05) is 13.5 Å². The minimum atomic E-state index is -0.143. The summed E-state index contributed by atoms with van der Waals surface area (Å²) in [4.78, 5) is 11.7. The van der Waals surface area contributed by atoms with Gasteiger partial charge in [-0.3, -0.25) is 4.79 Å². The molecule has 0 aliphatic heterocycles. The molecule has 1 N–H and O–H groups in total. The summed E-state index contributed by atoms with van der Waals surface area (Å²) in [5, 5.41) is 11.9. The molecule has 1 amide bonds. The summed E-state index contributed by atoms with van der Waals surface area (Å²) in [5.74, 6) is -0.143. The third-order valence-electron chi connectivity index (χ3n) is 2.55. The van der Waals surface area contributed by atoms with E-state index in [1.165, 1.54) is 0 Å². The average molecular weight is 267 g/mol. The molecule has 1 rings (SSSR count). The minimum absolute atomic E-state index is 0.0386. The molecule has 0 aliphatic rings. The van der Waals surface area contributed by atoms with Crippen LogP contribution in [0.25, 0.3) is 0 Å². The Kier molecular flexibility index (Phi) is 5.63. The van der Waals surface area contributed by atoms with Gasteiger partial charge in [0.15, 0.2) is 0 Å². The van der Waals surface area contributed by atoms with Gasteiger partial charge in [0.05, 0.1) is 28.4 Å². The molecule has 0 aromatic heterocycles. The number of amides is 1. The van der Waals surface area contributed by atoms with Crippen LogP contribution in [0.5, 0.6) is 0 Å². The maximum absolute atomic E-state index is 11.7. The Morgan fingerprint density at radius 3 is 2.94 bits per heavy atom. The minimum Gasteiger partial charge on any atom is -0.382 e. The highest BCUT2D eigenvalue weighted by molar-refractivity contribution is 6.33. The molecular weight excluding hydrogens is 252 g/mol. The van der Waals surface area contributed by atoms with E-state index < -0.39 is 0 Å². The normalized spacial score (nSPS) is 11.7. The van der Waals surface area contributed by atoms with E-state index in [9.17, 15) is 4.79 Å². The Bertz CT molecular complexity index is 469. The van der Waals surface area contributed by atoms with Crippen molar-refractivity contribution in [3.63, 3.8) is 0 Å². The van der Waals surface area contributed by atoms with Crippen LogP contribution in [-0.4, -0.2) is 19.1 Å². The number of methoxy groups -OCH3 is 1. The second-order valence-electron chi connectivity index (χ2n) is 3.94. The number of halogens is 1. The number of carbonyl (C=O) groups is 1. The van der Waals surface area contributed by atoms with Crippen LogP contribution in [-0.2, 0) is 9.53 Å². The zero-order valence-electron chi connectivity index (χ0n) is 10.4. The van der Waals surface area contributed by atoms with Crippen molar-refractivity contribution in [3.05, 3.63) is 28.8 Å². The zero-order valence-corrected chi connectivity index (χ0v) is 11.1. The number of nitrogens with zero attached hydrogens (tertiary/aromatic N) is 1. The number of hydrogen-bond acceptors (Lipinski definition) is 3. The number of nitriles is 1. The van der Waals surface area contributed by atoms with E-state index in [0.29, 0.717) is 29.1 Å². The molecule has 0 bridgehead atoms. The lowest BCUT2D eigenvalue weighted by atomic mass is 10.2. The molecule has 0 saturated heterocycles. The predicted octanol–water partition coefficient (Wildman–Crippen LogP) is 2.97. The van der Waals surface area contributed by atoms with E-state index >= 15 is 0 Å². The van der Waals surface area contributed by atoms with Crippen LogP contribution in [0.3, 0.4) is 0 Å². The molecule has 0 aliphatic carbocycles. The highest BCUT2D eigenvalue weighted by atomic mass is 35.5. The summed E-state index contributed by atoms with van der Waals surface area (Å²) in [6, 6.07) is 6.75. The summed E-state index contributed by atoms with van der Waals surface area (Å²) in [5.41, 5.74) is 0.922. The van der Waals surface area contributed by atoms with Gasteiger partial charge >= 0.3 is 0 Å². The van der Waals surface area contributed by atoms with Gasteiger partial charge in [-0.1, -0.05) is 11.6 Å². The maximum Gasteiger partial charge on any atom is 0.224 e. The number of benzene rings is 1. The van der Waals surface area contributed by atoms with E-state index in [2.05, 4.69) is 5.32 Å². The van der Waals surface area contributed by atoms with Crippen LogP contribution in [0.2, 0.25) is 5.02 Å². The van der Waals surface area contributed by atoms with Gasteiger partial charge in [0.2, 0.25) is 5.91 Å². The fourth-order valence-electron chi connectivity index (χ4n) is 1.36. The molecule has 4 nitrogen and oxygen atoms in total. The molecule has 0 fully saturated rings. The largest absolute Gasteiger partial charge is 0.382 e. The monoisotopic (exact) mass is 266 g/mol. The first-order valence-electron chi connectivity index (χ1n) is 5.59. The van der Waals surface area contributed by atoms with Crippen molar-refractivity contribution in [2.45, 2.75) is 25.9 Å². The lowest BCUT2D eigenvalue weighted by Crippen LogP contribution is -2.15. The van der Waals surface area contributed by atoms with Crippen molar-refractivity contribution in [2.75, 3.05) is 12.4 Å². The van der Waals surface area contributed by atoms with Crippen LogP contribution in [0.4, 0.5) is 5.69 Å². The third kappa shape index (κ3) is 4.36. The number of hydrogen-bond donors (Lipinski definition) is 1. The van der Waals surface area contributed by atoms with Crippen molar-refractivity contribution in [1.82, 2.24) is 0 Å². The molecule has 0 radical (unpaired) electrons. The standard InChI is InChI=1S/C13H15ClN2O2/c1-9(18-2)3-6-13(17)16-12-7-10(8-15)4-5-11(12)14/h4-5,7,9H,3,6H2,1-2H3,(H,16,17). The quantitative estimate of drug-likeness (QED) is 0.891. The first kappa shape index (κ1) is 14.5. The molecule has 1 atom stereocenters. The van der Waals surface area contributed by atoms with Crippen LogP contribution in [0.15, 0.2) is 18.2 Å². The SMILES string of the molecule is COC(C)CCC(=O)Nc1cc(C#N)ccc1Cl. The molecule has 5 heteroatoms. The fourth-order valence-corrected chi connectivity index (χ4v) is 1.52. The molecule has 1 aromatic carbocycles. The summed E-state index contributed by atoms with van der Waals surface area (Å²) < 4.78 is 5.06. The van der Waals surface area contributed by atoms with Crippen LogP contribution in [0, 0.1) is 11.3 Å². The smallest absolute Gasteiger partial charge is 0.224 e. The lowest BCUT2D eigenvalue weighted by molar-refractivity contribution is -0.116. The van der Waals surface area contributed by atoms with Crippen LogP contribution < -0.4 is 5.32 Å². The maximum atomic E-state index is 11.7. The number of rotatable bonds is 5. The Balaban J connectivity index is 2.62. The van der Waals surface area contributed by atoms with E-state index in [1.54, 1.807) is 25.3 Å². The summed E-state index contributed by atoms with van der Waals surface area (Å²) in [6.07, 6.45) is 1.02. The molecule has 0 saturated carbocycles. The van der Waals surface area contributed by atoms with Crippen molar-refractivity contribution in [3.8, 4) is 6.07 Å². The van der Waals surface area contributed by atoms with E-state index in [0.717, 1.165) is 0 Å². The number of carbonyl (C=O) groups excluding carboxylic acids is 1. The third-order valence-corrected chi connectivity index (χ3v) is 2.88. The number of anilines is 1. The molecule has 0 heterocycles. The second-order valence-corrected chi connectivity index (χ2v) is 4.35. The molecule has 1 unspecified atom stereocenters. The molecule has 1 aromatic rings. The Labute approximate surface area is 112 Å². The van der Waals surface area contributed by atoms with Gasteiger partial charge in [-0.05, 0) is 31.5 Å². The lowest BCUT2D eigenvalue weighted by Gasteiger charge is -2.10. The van der Waals surface area contributed by atoms with Gasteiger partial charge in [-0.15, -0.1) is 0 Å². The van der Waals surface area contributed by atoms with Crippen molar-refractivity contribution >= 4 is 23.2 Å². The number of nitrogens with one attached hydrogen (secondary N) is 1. The highest BCUT2D eigenvalue weighted by Gasteiger charge is 2.09. The molecular formula is C13H15ClN2O2. The Morgan fingerprint density at radius 2 is 2.33 bits per heavy atom. The van der Waals surface area contributed by atoms with Gasteiger partial charge in [0.25, 0.3) is 0 Å². The average Bonchev–Trinajstić information content (AvgIpc) is 2.38. The van der Waals surface area contributed by atoms with Gasteiger partial charge < -0.3 is 10.1 Å². The summed E-state index contributed by atoms with van der Waals surface area (Å²) >= 11 is 5.94. The summed E-state index contributed by atoms with van der Waals surface area (Å²) in [7, 11) is 1.61. The predicted molar refractivity (Wildman–Crippen MR) is 70.5 cm³/mol. The van der Waals surface area contributed by atoms with E-state index in [4.69, 9.17) is 21.6 Å². The summed E-state index contributed by atoms with van der Waals surface area (Å²) in [6.45, 7) is 1.90. The fraction of sp³-hybridized carbons (Fsp3) is 0.385. The Morgan fingerprint density at radius 1 is 1.61 bits per heavy atom. The molecule has 96 valence electrons. The van der Waals surface area contributed by atoms with Crippen molar-refractivity contribution < 1.29 is 9.53 Å². The number of ether oxygens (including phenoxy) is 1.